The molecule has 2 heterocycles. The number of carboxylic acids is 1. The van der Waals surface area contributed by atoms with Crippen LogP contribution in [0.1, 0.15) is 111 Å². The SMILES string of the molecule is CCCCCC(=O)NC(CC(=O)O)C(=O)NC1C(=O)NC(CCCN=C(N)N)C(=O)NC2CCC(OC)N(C2=O)C(C(C)C)C(=O)N(C)C(Cc2ccccc2)C(=O)NC(C(C)CC)C(=O)OC1C. The van der Waals surface area contributed by atoms with Crippen LogP contribution in [0.4, 0.5) is 0 Å². The number of esters is 1. The number of guanidine groups is 1. The molecule has 10 unspecified atom stereocenters. The van der Waals surface area contributed by atoms with Gasteiger partial charge in [-0.3, -0.25) is 43.3 Å². The van der Waals surface area contributed by atoms with E-state index in [1.807, 2.05) is 6.92 Å². The Kier molecular flexibility index (Phi) is 22.8. The summed E-state index contributed by atoms with van der Waals surface area (Å²) in [7, 11) is 2.82. The number of fused-ring (bicyclic) bond motifs is 2. The van der Waals surface area contributed by atoms with Crippen LogP contribution >= 0.6 is 0 Å². The van der Waals surface area contributed by atoms with E-state index in [4.69, 9.17) is 20.9 Å². The highest BCUT2D eigenvalue weighted by molar-refractivity contribution is 5.99. The first-order valence-corrected chi connectivity index (χ1v) is 23.8. The Morgan fingerprint density at radius 1 is 0.928 bits per heavy atom. The average molecular weight is 971 g/mol. The van der Waals surface area contributed by atoms with E-state index in [1.165, 1.54) is 30.9 Å². The summed E-state index contributed by atoms with van der Waals surface area (Å²) in [5, 5.41) is 22.7. The first-order valence-electron chi connectivity index (χ1n) is 23.8. The summed E-state index contributed by atoms with van der Waals surface area (Å²) in [5.41, 5.74) is 11.7. The summed E-state index contributed by atoms with van der Waals surface area (Å²) in [6, 6.07) is -1.14. The second-order valence-corrected chi connectivity index (χ2v) is 18.1. The third-order valence-electron chi connectivity index (χ3n) is 12.5. The van der Waals surface area contributed by atoms with Crippen molar-refractivity contribution in [1.29, 1.82) is 0 Å². The summed E-state index contributed by atoms with van der Waals surface area (Å²) in [6.07, 6.45) is -0.818. The van der Waals surface area contributed by atoms with Crippen LogP contribution in [0.5, 0.6) is 0 Å². The van der Waals surface area contributed by atoms with Crippen molar-refractivity contribution in [3.63, 3.8) is 0 Å². The fourth-order valence-electron chi connectivity index (χ4n) is 8.29. The average Bonchev–Trinajstić information content (AvgIpc) is 3.29. The number of carbonyl (C=O) groups excluding carboxylic acids is 8. The van der Waals surface area contributed by atoms with E-state index in [0.29, 0.717) is 24.8 Å². The Balaban J connectivity index is 2.26. The predicted molar refractivity (Wildman–Crippen MR) is 253 cm³/mol. The maximum atomic E-state index is 14.9. The monoisotopic (exact) mass is 971 g/mol. The molecule has 10 N–H and O–H groups in total. The number of rotatable bonds is 19. The van der Waals surface area contributed by atoms with E-state index in [9.17, 15) is 48.3 Å². The van der Waals surface area contributed by atoms with Crippen molar-refractivity contribution in [2.45, 2.75) is 167 Å². The second kappa shape index (κ2) is 27.6. The molecule has 1 aromatic carbocycles. The Morgan fingerprint density at radius 3 is 2.20 bits per heavy atom. The van der Waals surface area contributed by atoms with Crippen molar-refractivity contribution >= 4 is 59.2 Å². The molecule has 0 aromatic heterocycles. The lowest BCUT2D eigenvalue weighted by atomic mass is 9.93. The maximum Gasteiger partial charge on any atom is 0.329 e. The quantitative estimate of drug-likeness (QED) is 0.0398. The number of nitrogens with zero attached hydrogens (tertiary/aromatic N) is 3. The third kappa shape index (κ3) is 16.7. The van der Waals surface area contributed by atoms with Crippen molar-refractivity contribution < 1.29 is 57.7 Å². The molecule has 2 fully saturated rings. The van der Waals surface area contributed by atoms with Crippen LogP contribution in [0.15, 0.2) is 35.3 Å². The Hall–Kier alpha value is -6.32. The van der Waals surface area contributed by atoms with Crippen molar-refractivity contribution in [2.75, 3.05) is 20.7 Å². The zero-order valence-corrected chi connectivity index (χ0v) is 41.2. The normalized spacial score (nSPS) is 25.1. The summed E-state index contributed by atoms with van der Waals surface area (Å²) in [6.45, 7) is 10.2. The van der Waals surface area contributed by atoms with Gasteiger partial charge in [0.15, 0.2) is 5.96 Å². The van der Waals surface area contributed by atoms with Crippen LogP contribution in [-0.2, 0) is 59.0 Å². The van der Waals surface area contributed by atoms with Crippen LogP contribution in [0.2, 0.25) is 0 Å². The number of unbranched alkanes of at least 4 members (excludes halogenated alkanes) is 2. The van der Waals surface area contributed by atoms with Crippen LogP contribution < -0.4 is 38.1 Å². The molecule has 2 saturated heterocycles. The Morgan fingerprint density at radius 2 is 1.61 bits per heavy atom. The maximum absolute atomic E-state index is 14.9. The van der Waals surface area contributed by atoms with E-state index >= 15 is 0 Å². The number of carboxylic acid groups (broad SMARTS) is 1. The number of ether oxygens (including phenoxy) is 2. The van der Waals surface area contributed by atoms with Crippen molar-refractivity contribution in [3.8, 4) is 0 Å². The van der Waals surface area contributed by atoms with Crippen molar-refractivity contribution in [2.24, 2.45) is 28.3 Å². The number of nitrogens with one attached hydrogen (secondary N) is 5. The molecule has 0 aliphatic carbocycles. The fourth-order valence-corrected chi connectivity index (χ4v) is 8.29. The minimum Gasteiger partial charge on any atom is -0.481 e. The van der Waals surface area contributed by atoms with Gasteiger partial charge in [-0.25, -0.2) is 4.79 Å². The van der Waals surface area contributed by atoms with Crippen molar-refractivity contribution in [1.82, 2.24) is 36.4 Å². The molecule has 1 aromatic rings. The Labute approximate surface area is 404 Å². The first-order chi connectivity index (χ1) is 32.6. The Bertz CT molecular complexity index is 1980. The van der Waals surface area contributed by atoms with E-state index in [0.717, 1.165) is 6.42 Å². The third-order valence-corrected chi connectivity index (χ3v) is 12.5. The molecule has 0 saturated carbocycles. The molecule has 384 valence electrons. The number of cyclic esters (lactones) is 1. The number of hydrogen-bond acceptors (Lipinski definition) is 12. The molecule has 22 heteroatoms. The van der Waals surface area contributed by atoms with Gasteiger partial charge in [0, 0.05) is 33.5 Å². The number of amides is 7. The zero-order chi connectivity index (χ0) is 51.5. The van der Waals surface area contributed by atoms with Gasteiger partial charge in [0.05, 0.1) is 6.42 Å². The van der Waals surface area contributed by atoms with E-state index in [1.54, 1.807) is 58.0 Å². The van der Waals surface area contributed by atoms with Gasteiger partial charge in [-0.15, -0.1) is 0 Å². The lowest BCUT2D eigenvalue weighted by molar-refractivity contribution is -0.171. The summed E-state index contributed by atoms with van der Waals surface area (Å²) in [4.78, 5) is 133. The molecule has 2 aliphatic rings. The molecule has 2 aliphatic heterocycles. The van der Waals surface area contributed by atoms with Gasteiger partial charge in [0.1, 0.15) is 54.6 Å². The molecule has 2 bridgehead atoms. The standard InChI is InChI=1S/C47H74N10O12/c1-9-11-13-20-34(58)51-32(25-36(59)60)41(62)55-38-28(6)69-46(67)37(27(5)10-2)54-42(63)33(24-29-17-14-12-15-18-29)56(7)45(66)39(26(3)4)57-35(68-8)22-21-31(44(57)65)53-40(61)30(52-43(38)64)19-16-23-50-47(48)49/h12,14-15,17-18,26-28,30-33,35,37-39H,9-11,13,16,19-25H2,1-8H3,(H,51,58)(H,52,64)(H,53,61)(H,54,63)(H,55,62)(H,59,60)(H4,48,49,50). The van der Waals surface area contributed by atoms with Gasteiger partial charge < -0.3 is 62.4 Å². The van der Waals surface area contributed by atoms with Gasteiger partial charge >= 0.3 is 11.9 Å². The number of aliphatic imine (C=N–C) groups is 1. The number of carbonyl (C=O) groups is 9. The predicted octanol–water partition coefficient (Wildman–Crippen LogP) is 0.200. The van der Waals surface area contributed by atoms with Crippen LogP contribution in [0.3, 0.4) is 0 Å². The van der Waals surface area contributed by atoms with E-state index < -0.39 is 126 Å². The highest BCUT2D eigenvalue weighted by Gasteiger charge is 2.47. The van der Waals surface area contributed by atoms with Crippen LogP contribution in [0, 0.1) is 11.8 Å². The molecule has 0 radical (unpaired) electrons. The van der Waals surface area contributed by atoms with Gasteiger partial charge in [-0.05, 0) is 56.4 Å². The minimum absolute atomic E-state index is 0.00377. The number of hydrogen-bond donors (Lipinski definition) is 8. The molecule has 7 amide bonds. The zero-order valence-electron chi connectivity index (χ0n) is 41.2. The highest BCUT2D eigenvalue weighted by Crippen LogP contribution is 2.28. The fraction of sp³-hybridized carbons (Fsp3) is 0.660. The van der Waals surface area contributed by atoms with Crippen LogP contribution in [-0.4, -0.2) is 149 Å². The topological polar surface area (TPSA) is 323 Å². The molecular formula is C47H74N10O12. The van der Waals surface area contributed by atoms with Crippen molar-refractivity contribution in [3.05, 3.63) is 35.9 Å². The number of benzene rings is 1. The molecular weight excluding hydrogens is 897 g/mol. The summed E-state index contributed by atoms with van der Waals surface area (Å²) >= 11 is 0. The van der Waals surface area contributed by atoms with Crippen LogP contribution in [0.25, 0.3) is 0 Å². The first kappa shape index (κ1) is 57.0. The molecule has 0 spiro atoms. The lowest BCUT2D eigenvalue weighted by Crippen LogP contribution is -2.66. The van der Waals surface area contributed by atoms with E-state index in [2.05, 4.69) is 31.6 Å². The summed E-state index contributed by atoms with van der Waals surface area (Å²) < 4.78 is 11.7. The number of likely N-dealkylation sites (N-methyl/N-ethyl adjacent to an activating group) is 1. The van der Waals surface area contributed by atoms with E-state index in [-0.39, 0.29) is 51.0 Å². The molecule has 10 atom stereocenters. The minimum atomic E-state index is -1.84. The molecule has 69 heavy (non-hydrogen) atoms. The van der Waals surface area contributed by atoms with Gasteiger partial charge in [-0.2, -0.15) is 0 Å². The number of piperidine rings is 1. The summed E-state index contributed by atoms with van der Waals surface area (Å²) in [5.74, 6) is -9.47. The number of methoxy groups -OCH3 is 1. The smallest absolute Gasteiger partial charge is 0.329 e. The van der Waals surface area contributed by atoms with Gasteiger partial charge in [-0.1, -0.05) is 84.2 Å². The van der Waals surface area contributed by atoms with Gasteiger partial charge in [0.2, 0.25) is 41.4 Å². The molecule has 3 rings (SSSR count). The largest absolute Gasteiger partial charge is 0.481 e. The molecule has 22 nitrogen and oxygen atoms in total. The van der Waals surface area contributed by atoms with Gasteiger partial charge in [0.25, 0.3) is 0 Å². The number of nitrogens with two attached hydrogens (primary N) is 2. The number of aliphatic carboxylic acids is 1. The second-order valence-electron chi connectivity index (χ2n) is 18.1. The highest BCUT2D eigenvalue weighted by atomic mass is 16.5. The lowest BCUT2D eigenvalue weighted by Gasteiger charge is -2.45.